The minimum atomic E-state index is -0.963. The molecule has 4 heteroatoms. The Morgan fingerprint density at radius 3 is 2.18 bits per heavy atom. The molecule has 4 nitrogen and oxygen atoms in total. The predicted molar refractivity (Wildman–Crippen MR) is 86.5 cm³/mol. The Hall–Kier alpha value is -2.88. The summed E-state index contributed by atoms with van der Waals surface area (Å²) in [6.07, 6.45) is 3.20. The summed E-state index contributed by atoms with van der Waals surface area (Å²) in [5.41, 5.74) is 2.05. The van der Waals surface area contributed by atoms with Crippen LogP contribution in [-0.2, 0) is 9.59 Å². The van der Waals surface area contributed by atoms with Gasteiger partial charge in [0.15, 0.2) is 0 Å². The molecule has 0 unspecified atom stereocenters. The van der Waals surface area contributed by atoms with Crippen LogP contribution in [0.25, 0.3) is 22.9 Å². The van der Waals surface area contributed by atoms with Gasteiger partial charge in [0.2, 0.25) is 0 Å². The Morgan fingerprint density at radius 2 is 1.55 bits per heavy atom. The summed E-state index contributed by atoms with van der Waals surface area (Å²) in [7, 11) is 0. The van der Waals surface area contributed by atoms with Gasteiger partial charge in [0.05, 0.1) is 0 Å². The number of carbonyl (C=O) groups is 2. The van der Waals surface area contributed by atoms with Crippen molar-refractivity contribution < 1.29 is 19.8 Å². The van der Waals surface area contributed by atoms with Gasteiger partial charge < -0.3 is 10.2 Å². The van der Waals surface area contributed by atoms with Crippen molar-refractivity contribution in [2.45, 2.75) is 13.8 Å². The van der Waals surface area contributed by atoms with E-state index in [9.17, 15) is 9.59 Å². The van der Waals surface area contributed by atoms with E-state index in [1.165, 1.54) is 6.92 Å². The molecule has 22 heavy (non-hydrogen) atoms. The van der Waals surface area contributed by atoms with Crippen molar-refractivity contribution in [2.75, 3.05) is 0 Å². The third-order valence-electron chi connectivity index (χ3n) is 3.37. The van der Waals surface area contributed by atoms with Crippen LogP contribution >= 0.6 is 0 Å². The molecule has 0 radical (unpaired) electrons. The molecule has 0 heterocycles. The molecular weight excluding hydrogens is 280 g/mol. The van der Waals surface area contributed by atoms with E-state index in [1.807, 2.05) is 36.4 Å². The quantitative estimate of drug-likeness (QED) is 0.841. The molecule has 2 rings (SSSR count). The van der Waals surface area contributed by atoms with Gasteiger partial charge in [0.1, 0.15) is 0 Å². The minimum absolute atomic E-state index is 0.245. The first kappa shape index (κ1) is 15.5. The molecule has 2 N–H and O–H groups in total. The lowest BCUT2D eigenvalue weighted by Crippen LogP contribution is -1.96. The maximum atomic E-state index is 11.0. The Balaban J connectivity index is 2.60. The number of hydrogen-bond acceptors (Lipinski definition) is 2. The second-order valence-electron chi connectivity index (χ2n) is 5.09. The number of rotatable bonds is 4. The Morgan fingerprint density at radius 1 is 0.909 bits per heavy atom. The highest BCUT2D eigenvalue weighted by Crippen LogP contribution is 2.23. The van der Waals surface area contributed by atoms with Crippen molar-refractivity contribution in [3.63, 3.8) is 0 Å². The molecule has 0 atom stereocenters. The van der Waals surface area contributed by atoms with E-state index in [0.717, 1.165) is 21.9 Å². The smallest absolute Gasteiger partial charge is 0.331 e. The Bertz CT molecular complexity index is 813. The van der Waals surface area contributed by atoms with E-state index >= 15 is 0 Å². The van der Waals surface area contributed by atoms with Crippen LogP contribution in [0.5, 0.6) is 0 Å². The minimum Gasteiger partial charge on any atom is -0.478 e. The molecule has 0 amide bonds. The fraction of sp³-hybridized carbons (Fsp3) is 0.111. The number of fused-ring (bicyclic) bond motifs is 1. The van der Waals surface area contributed by atoms with Crippen LogP contribution in [0.3, 0.4) is 0 Å². The van der Waals surface area contributed by atoms with Crippen LogP contribution in [0.15, 0.2) is 47.5 Å². The first-order chi connectivity index (χ1) is 10.4. The molecular formula is C18H16O4. The van der Waals surface area contributed by atoms with Gasteiger partial charge in [-0.3, -0.25) is 0 Å². The highest BCUT2D eigenvalue weighted by atomic mass is 16.4. The van der Waals surface area contributed by atoms with Crippen LogP contribution in [0.4, 0.5) is 0 Å². The zero-order valence-electron chi connectivity index (χ0n) is 12.3. The predicted octanol–water partition coefficient (Wildman–Crippen LogP) is 3.82. The number of hydrogen-bond donors (Lipinski definition) is 2. The van der Waals surface area contributed by atoms with Gasteiger partial charge in [-0.15, -0.1) is 0 Å². The van der Waals surface area contributed by atoms with Gasteiger partial charge in [-0.1, -0.05) is 30.3 Å². The largest absolute Gasteiger partial charge is 0.478 e. The van der Waals surface area contributed by atoms with Crippen molar-refractivity contribution in [2.24, 2.45) is 0 Å². The number of aliphatic carboxylic acids is 2. The third-order valence-corrected chi connectivity index (χ3v) is 3.37. The number of carboxylic acids is 2. The van der Waals surface area contributed by atoms with Crippen LogP contribution < -0.4 is 0 Å². The van der Waals surface area contributed by atoms with Gasteiger partial charge in [0.25, 0.3) is 0 Å². The topological polar surface area (TPSA) is 74.6 Å². The number of carboxylic acid groups (broad SMARTS) is 2. The van der Waals surface area contributed by atoms with Gasteiger partial charge in [0, 0.05) is 11.1 Å². The molecule has 0 saturated carbocycles. The average Bonchev–Trinajstić information content (AvgIpc) is 2.47. The first-order valence-electron chi connectivity index (χ1n) is 6.74. The van der Waals surface area contributed by atoms with E-state index in [0.29, 0.717) is 0 Å². The molecule has 0 bridgehead atoms. The maximum absolute atomic E-state index is 11.0. The van der Waals surface area contributed by atoms with Crippen molar-refractivity contribution in [3.05, 3.63) is 58.7 Å². The third kappa shape index (κ3) is 3.41. The van der Waals surface area contributed by atoms with E-state index in [2.05, 4.69) is 0 Å². The summed E-state index contributed by atoms with van der Waals surface area (Å²) >= 11 is 0. The van der Waals surface area contributed by atoms with Crippen molar-refractivity contribution >= 4 is 34.9 Å². The SMILES string of the molecule is C/C(=C\c1ccc2cccc(/C=C(\C)C(=O)O)c2c1)C(=O)O. The van der Waals surface area contributed by atoms with E-state index in [4.69, 9.17) is 10.2 Å². The highest BCUT2D eigenvalue weighted by molar-refractivity contribution is 5.98. The fourth-order valence-corrected chi connectivity index (χ4v) is 2.14. The van der Waals surface area contributed by atoms with Crippen LogP contribution in [0.2, 0.25) is 0 Å². The molecule has 0 aliphatic carbocycles. The molecule has 2 aromatic rings. The summed E-state index contributed by atoms with van der Waals surface area (Å²) in [5.74, 6) is -1.93. The fourth-order valence-electron chi connectivity index (χ4n) is 2.14. The number of benzene rings is 2. The van der Waals surface area contributed by atoms with Crippen LogP contribution in [0.1, 0.15) is 25.0 Å². The van der Waals surface area contributed by atoms with Crippen LogP contribution in [0, 0.1) is 0 Å². The molecule has 0 aliphatic heterocycles. The van der Waals surface area contributed by atoms with Gasteiger partial charge in [-0.2, -0.15) is 0 Å². The van der Waals surface area contributed by atoms with Crippen LogP contribution in [-0.4, -0.2) is 22.2 Å². The standard InChI is InChI=1S/C18H16O4/c1-11(17(19)20)8-13-6-7-14-4-3-5-15(16(14)10-13)9-12(2)18(21)22/h3-10H,1-2H3,(H,19,20)(H,21,22)/b11-8+,12-9+. The molecule has 2 aromatic carbocycles. The van der Waals surface area contributed by atoms with Gasteiger partial charge in [-0.05, 0) is 54.0 Å². The lowest BCUT2D eigenvalue weighted by molar-refractivity contribution is -0.133. The van der Waals surface area contributed by atoms with E-state index < -0.39 is 11.9 Å². The summed E-state index contributed by atoms with van der Waals surface area (Å²) in [6, 6.07) is 11.2. The second kappa shape index (κ2) is 6.26. The monoisotopic (exact) mass is 296 g/mol. The summed E-state index contributed by atoms with van der Waals surface area (Å²) in [5, 5.41) is 19.8. The normalized spacial score (nSPS) is 12.5. The zero-order chi connectivity index (χ0) is 16.3. The Labute approximate surface area is 128 Å². The average molecular weight is 296 g/mol. The van der Waals surface area contributed by atoms with Crippen molar-refractivity contribution in [3.8, 4) is 0 Å². The lowest BCUT2D eigenvalue weighted by Gasteiger charge is -2.05. The van der Waals surface area contributed by atoms with Gasteiger partial charge in [-0.25, -0.2) is 9.59 Å². The van der Waals surface area contributed by atoms with Crippen molar-refractivity contribution in [1.29, 1.82) is 0 Å². The van der Waals surface area contributed by atoms with Crippen molar-refractivity contribution in [1.82, 2.24) is 0 Å². The summed E-state index contributed by atoms with van der Waals surface area (Å²) in [4.78, 5) is 21.9. The maximum Gasteiger partial charge on any atom is 0.331 e. The lowest BCUT2D eigenvalue weighted by atomic mass is 9.99. The molecule has 0 spiro atoms. The van der Waals surface area contributed by atoms with E-state index in [-0.39, 0.29) is 11.1 Å². The summed E-state index contributed by atoms with van der Waals surface area (Å²) < 4.78 is 0. The second-order valence-corrected chi connectivity index (χ2v) is 5.09. The highest BCUT2D eigenvalue weighted by Gasteiger charge is 2.05. The summed E-state index contributed by atoms with van der Waals surface area (Å²) in [6.45, 7) is 3.08. The molecule has 0 saturated heterocycles. The molecule has 112 valence electrons. The van der Waals surface area contributed by atoms with Gasteiger partial charge >= 0.3 is 11.9 Å². The molecule has 0 fully saturated rings. The Kier molecular flexibility index (Phi) is 4.41. The zero-order valence-corrected chi connectivity index (χ0v) is 12.3. The molecule has 0 aromatic heterocycles. The molecule has 0 aliphatic rings. The first-order valence-corrected chi connectivity index (χ1v) is 6.74. The van der Waals surface area contributed by atoms with E-state index in [1.54, 1.807) is 19.1 Å².